The number of alkyl carbamates (subject to hydrolysis) is 1. The predicted octanol–water partition coefficient (Wildman–Crippen LogP) is 5.42. The van der Waals surface area contributed by atoms with Gasteiger partial charge in [-0.05, 0) is 69.2 Å². The summed E-state index contributed by atoms with van der Waals surface area (Å²) in [5.41, 5.74) is 0.358. The van der Waals surface area contributed by atoms with Crippen molar-refractivity contribution >= 4 is 23.5 Å². The molecule has 6 nitrogen and oxygen atoms in total. The lowest BCUT2D eigenvalue weighted by Gasteiger charge is -2.19. The smallest absolute Gasteiger partial charge is 0.416 e. The molecule has 2 aromatic carbocycles. The summed E-state index contributed by atoms with van der Waals surface area (Å²) in [7, 11) is 0. The third-order valence-electron chi connectivity index (χ3n) is 3.76. The first-order chi connectivity index (χ1) is 13.9. The molecular formula is C21H24F3N3O3. The maximum atomic E-state index is 12.6. The number of urea groups is 1. The molecule has 2 aromatic rings. The Morgan fingerprint density at radius 3 is 1.83 bits per heavy atom. The summed E-state index contributed by atoms with van der Waals surface area (Å²) in [6.45, 7) is 5.75. The van der Waals surface area contributed by atoms with Crippen molar-refractivity contribution in [3.63, 3.8) is 0 Å². The topological polar surface area (TPSA) is 79.5 Å². The highest BCUT2D eigenvalue weighted by Crippen LogP contribution is 2.29. The minimum atomic E-state index is -4.43. The molecule has 0 atom stereocenters. The fourth-order valence-electron chi connectivity index (χ4n) is 2.41. The number of hydrogen-bond acceptors (Lipinski definition) is 3. The summed E-state index contributed by atoms with van der Waals surface area (Å²) < 4.78 is 42.8. The quantitative estimate of drug-likeness (QED) is 0.601. The van der Waals surface area contributed by atoms with Crippen LogP contribution in [0.2, 0.25) is 0 Å². The molecule has 0 radical (unpaired) electrons. The SMILES string of the molecule is CC(C)(C)OC(=O)NCCc1ccc(NC(=O)Nc2ccc(C(F)(F)F)cc2)cc1. The second-order valence-corrected chi connectivity index (χ2v) is 7.53. The number of hydrogen-bond donors (Lipinski definition) is 3. The molecule has 0 saturated carbocycles. The van der Waals surface area contributed by atoms with Gasteiger partial charge in [0.25, 0.3) is 0 Å². The van der Waals surface area contributed by atoms with Crippen LogP contribution < -0.4 is 16.0 Å². The van der Waals surface area contributed by atoms with Gasteiger partial charge in [0.15, 0.2) is 0 Å². The van der Waals surface area contributed by atoms with E-state index in [1.54, 1.807) is 45.0 Å². The van der Waals surface area contributed by atoms with Gasteiger partial charge in [-0.1, -0.05) is 12.1 Å². The fraction of sp³-hybridized carbons (Fsp3) is 0.333. The van der Waals surface area contributed by atoms with Crippen molar-refractivity contribution in [1.29, 1.82) is 0 Å². The Hall–Kier alpha value is -3.23. The van der Waals surface area contributed by atoms with Crippen LogP contribution in [0.4, 0.5) is 34.1 Å². The molecule has 3 N–H and O–H groups in total. The number of carbonyl (C=O) groups is 2. The molecule has 0 aliphatic rings. The standard InChI is InChI=1S/C21H24F3N3O3/c1-20(2,3)30-19(29)25-13-12-14-4-8-16(9-5-14)26-18(28)27-17-10-6-15(7-11-17)21(22,23)24/h4-11H,12-13H2,1-3H3,(H,25,29)(H2,26,27,28). The molecule has 0 aromatic heterocycles. The van der Waals surface area contributed by atoms with Crippen LogP contribution in [0, 0.1) is 0 Å². The van der Waals surface area contributed by atoms with Crippen molar-refractivity contribution in [2.45, 2.75) is 39.0 Å². The van der Waals surface area contributed by atoms with Crippen LogP contribution in [0.25, 0.3) is 0 Å². The molecule has 0 aliphatic heterocycles. The summed E-state index contributed by atoms with van der Waals surface area (Å²) in [5, 5.41) is 7.73. The summed E-state index contributed by atoms with van der Waals surface area (Å²) in [6, 6.07) is 10.6. The molecular weight excluding hydrogens is 399 g/mol. The van der Waals surface area contributed by atoms with Crippen molar-refractivity contribution in [2.75, 3.05) is 17.2 Å². The highest BCUT2D eigenvalue weighted by molar-refractivity contribution is 5.99. The summed E-state index contributed by atoms with van der Waals surface area (Å²) in [4.78, 5) is 23.6. The monoisotopic (exact) mass is 423 g/mol. The third kappa shape index (κ3) is 8.02. The van der Waals surface area contributed by atoms with Crippen molar-refractivity contribution in [3.05, 3.63) is 59.7 Å². The minimum Gasteiger partial charge on any atom is -0.444 e. The average molecular weight is 423 g/mol. The lowest BCUT2D eigenvalue weighted by Crippen LogP contribution is -2.33. The fourth-order valence-corrected chi connectivity index (χ4v) is 2.41. The van der Waals surface area contributed by atoms with E-state index in [9.17, 15) is 22.8 Å². The number of amides is 3. The van der Waals surface area contributed by atoms with E-state index >= 15 is 0 Å². The molecule has 0 bridgehead atoms. The Morgan fingerprint density at radius 1 is 0.867 bits per heavy atom. The number of ether oxygens (including phenoxy) is 1. The highest BCUT2D eigenvalue weighted by Gasteiger charge is 2.30. The van der Waals surface area contributed by atoms with E-state index in [2.05, 4.69) is 16.0 Å². The molecule has 30 heavy (non-hydrogen) atoms. The molecule has 9 heteroatoms. The Bertz CT molecular complexity index is 858. The number of rotatable bonds is 5. The van der Waals surface area contributed by atoms with Crippen molar-refractivity contribution < 1.29 is 27.5 Å². The number of anilines is 2. The molecule has 3 amide bonds. The van der Waals surface area contributed by atoms with Crippen LogP contribution >= 0.6 is 0 Å². The van der Waals surface area contributed by atoms with Gasteiger partial charge in [-0.3, -0.25) is 0 Å². The number of nitrogens with one attached hydrogen (secondary N) is 3. The first kappa shape index (κ1) is 23.1. The second kappa shape index (κ2) is 9.51. The Labute approximate surface area is 172 Å². The minimum absolute atomic E-state index is 0.241. The van der Waals surface area contributed by atoms with Gasteiger partial charge < -0.3 is 20.7 Å². The molecule has 0 spiro atoms. The van der Waals surface area contributed by atoms with E-state index in [4.69, 9.17) is 4.74 Å². The summed E-state index contributed by atoms with van der Waals surface area (Å²) in [6.07, 6.45) is -4.33. The van der Waals surface area contributed by atoms with Crippen LogP contribution in [0.1, 0.15) is 31.9 Å². The zero-order valence-corrected chi connectivity index (χ0v) is 16.9. The van der Waals surface area contributed by atoms with Crippen LogP contribution in [-0.2, 0) is 17.3 Å². The Kier molecular flexibility index (Phi) is 7.31. The van der Waals surface area contributed by atoms with Gasteiger partial charge in [-0.15, -0.1) is 0 Å². The van der Waals surface area contributed by atoms with Gasteiger partial charge in [0.2, 0.25) is 0 Å². The molecule has 0 saturated heterocycles. The molecule has 0 fully saturated rings. The first-order valence-electron chi connectivity index (χ1n) is 9.23. The molecule has 2 rings (SSSR count). The van der Waals surface area contributed by atoms with Gasteiger partial charge in [0, 0.05) is 17.9 Å². The van der Waals surface area contributed by atoms with Gasteiger partial charge in [0.05, 0.1) is 5.56 Å². The number of alkyl halides is 3. The second-order valence-electron chi connectivity index (χ2n) is 7.53. The maximum absolute atomic E-state index is 12.6. The normalized spacial score (nSPS) is 11.5. The van der Waals surface area contributed by atoms with Crippen molar-refractivity contribution in [1.82, 2.24) is 5.32 Å². The largest absolute Gasteiger partial charge is 0.444 e. The number of halogens is 3. The van der Waals surface area contributed by atoms with E-state index < -0.39 is 29.5 Å². The molecule has 0 heterocycles. The van der Waals surface area contributed by atoms with E-state index in [0.29, 0.717) is 18.7 Å². The Balaban J connectivity index is 1.79. The average Bonchev–Trinajstić information content (AvgIpc) is 2.61. The van der Waals surface area contributed by atoms with Crippen LogP contribution in [0.5, 0.6) is 0 Å². The van der Waals surface area contributed by atoms with Gasteiger partial charge in [0.1, 0.15) is 5.60 Å². The van der Waals surface area contributed by atoms with Crippen molar-refractivity contribution in [2.24, 2.45) is 0 Å². The lowest BCUT2D eigenvalue weighted by molar-refractivity contribution is -0.137. The maximum Gasteiger partial charge on any atom is 0.416 e. The summed E-state index contributed by atoms with van der Waals surface area (Å²) >= 11 is 0. The molecule has 0 unspecified atom stereocenters. The van der Waals surface area contributed by atoms with E-state index in [0.717, 1.165) is 17.7 Å². The van der Waals surface area contributed by atoms with Crippen molar-refractivity contribution in [3.8, 4) is 0 Å². The van der Waals surface area contributed by atoms with Gasteiger partial charge in [-0.2, -0.15) is 13.2 Å². The third-order valence-corrected chi connectivity index (χ3v) is 3.76. The van der Waals surface area contributed by atoms with Gasteiger partial charge >= 0.3 is 18.3 Å². The zero-order chi connectivity index (χ0) is 22.4. The highest BCUT2D eigenvalue weighted by atomic mass is 19.4. The number of benzene rings is 2. The van der Waals surface area contributed by atoms with Gasteiger partial charge in [-0.25, -0.2) is 9.59 Å². The van der Waals surface area contributed by atoms with Crippen LogP contribution in [-0.4, -0.2) is 24.3 Å². The predicted molar refractivity (Wildman–Crippen MR) is 108 cm³/mol. The molecule has 162 valence electrons. The number of carbonyl (C=O) groups excluding carboxylic acids is 2. The summed E-state index contributed by atoms with van der Waals surface area (Å²) in [5.74, 6) is 0. The van der Waals surface area contributed by atoms with E-state index in [-0.39, 0.29) is 5.69 Å². The molecule has 0 aliphatic carbocycles. The van der Waals surface area contributed by atoms with Crippen LogP contribution in [0.3, 0.4) is 0 Å². The van der Waals surface area contributed by atoms with E-state index in [1.807, 2.05) is 0 Å². The zero-order valence-electron chi connectivity index (χ0n) is 16.9. The first-order valence-corrected chi connectivity index (χ1v) is 9.23. The van der Waals surface area contributed by atoms with Crippen LogP contribution in [0.15, 0.2) is 48.5 Å². The van der Waals surface area contributed by atoms with E-state index in [1.165, 1.54) is 12.1 Å². The Morgan fingerprint density at radius 2 is 1.37 bits per heavy atom. The lowest BCUT2D eigenvalue weighted by atomic mass is 10.1.